The lowest BCUT2D eigenvalue weighted by Crippen LogP contribution is -2.13. The maximum atomic E-state index is 9.43. The first-order valence-corrected chi connectivity index (χ1v) is 6.96. The number of hydrogen-bond donors (Lipinski definition) is 2. The fourth-order valence-electron chi connectivity index (χ4n) is 2.02. The van der Waals surface area contributed by atoms with Crippen molar-refractivity contribution < 1.29 is 5.11 Å². The summed E-state index contributed by atoms with van der Waals surface area (Å²) in [6, 6.07) is 1.97. The van der Waals surface area contributed by atoms with E-state index in [0.717, 1.165) is 40.6 Å². The van der Waals surface area contributed by atoms with Crippen LogP contribution in [-0.4, -0.2) is 22.7 Å². The van der Waals surface area contributed by atoms with Gasteiger partial charge in [-0.2, -0.15) is 0 Å². The fraction of sp³-hybridized carbons (Fsp3) is 0.545. The summed E-state index contributed by atoms with van der Waals surface area (Å²) in [5, 5.41) is 12.7. The van der Waals surface area contributed by atoms with Gasteiger partial charge in [-0.25, -0.2) is 4.98 Å². The molecule has 16 heavy (non-hydrogen) atoms. The topological polar surface area (TPSA) is 45.1 Å². The Kier molecular flexibility index (Phi) is 4.21. The van der Waals surface area contributed by atoms with E-state index in [9.17, 15) is 5.11 Å². The lowest BCUT2D eigenvalue weighted by atomic mass is 10.1. The van der Waals surface area contributed by atoms with Gasteiger partial charge in [0.15, 0.2) is 0 Å². The van der Waals surface area contributed by atoms with Crippen LogP contribution in [0.1, 0.15) is 19.3 Å². The number of nitrogens with zero attached hydrogens (tertiary/aromatic N) is 1. The molecule has 0 amide bonds. The maximum absolute atomic E-state index is 9.43. The van der Waals surface area contributed by atoms with Crippen LogP contribution in [0.15, 0.2) is 21.2 Å². The van der Waals surface area contributed by atoms with Crippen molar-refractivity contribution in [3.63, 3.8) is 0 Å². The van der Waals surface area contributed by atoms with E-state index in [4.69, 9.17) is 0 Å². The lowest BCUT2D eigenvalue weighted by Gasteiger charge is -2.12. The van der Waals surface area contributed by atoms with E-state index in [2.05, 4.69) is 42.2 Å². The van der Waals surface area contributed by atoms with Gasteiger partial charge in [0.2, 0.25) is 0 Å². The summed E-state index contributed by atoms with van der Waals surface area (Å²) in [6.07, 6.45) is 4.61. The van der Waals surface area contributed by atoms with Crippen LogP contribution in [-0.2, 0) is 0 Å². The molecule has 1 saturated carbocycles. The highest BCUT2D eigenvalue weighted by Gasteiger charge is 2.22. The van der Waals surface area contributed by atoms with Gasteiger partial charge >= 0.3 is 0 Å². The van der Waals surface area contributed by atoms with Gasteiger partial charge in [0, 0.05) is 17.2 Å². The maximum Gasteiger partial charge on any atom is 0.140 e. The molecule has 1 aliphatic rings. The third-order valence-corrected chi connectivity index (χ3v) is 3.92. The number of halogens is 2. The largest absolute Gasteiger partial charge is 0.393 e. The summed E-state index contributed by atoms with van der Waals surface area (Å²) in [4.78, 5) is 4.29. The minimum Gasteiger partial charge on any atom is -0.393 e. The molecule has 0 bridgehead atoms. The highest BCUT2D eigenvalue weighted by molar-refractivity contribution is 9.11. The van der Waals surface area contributed by atoms with E-state index in [1.165, 1.54) is 0 Å². The number of aliphatic hydroxyl groups is 1. The van der Waals surface area contributed by atoms with Crippen LogP contribution in [0.5, 0.6) is 0 Å². The highest BCUT2D eigenvalue weighted by atomic mass is 79.9. The number of hydrogen-bond acceptors (Lipinski definition) is 3. The first-order chi connectivity index (χ1) is 7.65. The molecule has 2 rings (SSSR count). The summed E-state index contributed by atoms with van der Waals surface area (Å²) in [7, 11) is 0. The van der Waals surface area contributed by atoms with Crippen LogP contribution in [0.25, 0.3) is 0 Å². The van der Waals surface area contributed by atoms with Gasteiger partial charge in [-0.15, -0.1) is 0 Å². The molecule has 1 fully saturated rings. The summed E-state index contributed by atoms with van der Waals surface area (Å²) in [5.74, 6) is 1.43. The Morgan fingerprint density at radius 3 is 2.88 bits per heavy atom. The van der Waals surface area contributed by atoms with Gasteiger partial charge < -0.3 is 10.4 Å². The second-order valence-electron chi connectivity index (χ2n) is 4.20. The lowest BCUT2D eigenvalue weighted by molar-refractivity contribution is 0.178. The molecule has 88 valence electrons. The zero-order valence-electron chi connectivity index (χ0n) is 8.79. The van der Waals surface area contributed by atoms with E-state index in [1.807, 2.05) is 6.07 Å². The molecular weight excluding hydrogens is 336 g/mol. The quantitative estimate of drug-likeness (QED) is 0.880. The van der Waals surface area contributed by atoms with E-state index >= 15 is 0 Å². The molecule has 2 atom stereocenters. The van der Waals surface area contributed by atoms with Gasteiger partial charge in [0.25, 0.3) is 0 Å². The average molecular weight is 350 g/mol. The van der Waals surface area contributed by atoms with Crippen molar-refractivity contribution in [1.29, 1.82) is 0 Å². The number of aromatic nitrogens is 1. The standard InChI is InChI=1S/C11H14Br2N2O/c12-8-4-10(13)11(15-6-8)14-5-7-1-2-9(16)3-7/h4,6-7,9,16H,1-3,5H2,(H,14,15). The molecule has 0 spiro atoms. The number of aliphatic hydroxyl groups excluding tert-OH is 1. The fourth-order valence-corrected chi connectivity index (χ4v) is 3.15. The van der Waals surface area contributed by atoms with Crippen molar-refractivity contribution in [2.75, 3.05) is 11.9 Å². The third kappa shape index (κ3) is 3.18. The molecule has 0 radical (unpaired) electrons. The first-order valence-electron chi connectivity index (χ1n) is 5.38. The molecule has 5 heteroatoms. The third-order valence-electron chi connectivity index (χ3n) is 2.88. The monoisotopic (exact) mass is 348 g/mol. The zero-order chi connectivity index (χ0) is 11.5. The second-order valence-corrected chi connectivity index (χ2v) is 5.97. The van der Waals surface area contributed by atoms with Crippen LogP contribution in [0.2, 0.25) is 0 Å². The van der Waals surface area contributed by atoms with Crippen LogP contribution < -0.4 is 5.32 Å². The normalized spacial score (nSPS) is 24.7. The van der Waals surface area contributed by atoms with Crippen LogP contribution in [0.4, 0.5) is 5.82 Å². The van der Waals surface area contributed by atoms with Gasteiger partial charge in [-0.05, 0) is 63.1 Å². The predicted octanol–water partition coefficient (Wildman–Crippen LogP) is 3.18. The van der Waals surface area contributed by atoms with Crippen molar-refractivity contribution in [3.8, 4) is 0 Å². The molecule has 2 N–H and O–H groups in total. The van der Waals surface area contributed by atoms with E-state index in [-0.39, 0.29) is 6.10 Å². The van der Waals surface area contributed by atoms with Crippen molar-refractivity contribution in [2.24, 2.45) is 5.92 Å². The smallest absolute Gasteiger partial charge is 0.140 e. The van der Waals surface area contributed by atoms with Gasteiger partial charge in [-0.1, -0.05) is 0 Å². The Hall–Kier alpha value is -0.130. The molecule has 0 aliphatic heterocycles. The molecule has 0 saturated heterocycles. The molecular formula is C11H14Br2N2O. The second kappa shape index (κ2) is 5.47. The highest BCUT2D eigenvalue weighted by Crippen LogP contribution is 2.27. The molecule has 1 aromatic rings. The predicted molar refractivity (Wildman–Crippen MR) is 71.5 cm³/mol. The minimum atomic E-state index is -0.104. The van der Waals surface area contributed by atoms with Crippen LogP contribution in [0, 0.1) is 5.92 Å². The SMILES string of the molecule is OC1CCC(CNc2ncc(Br)cc2Br)C1. The summed E-state index contributed by atoms with van der Waals surface area (Å²) in [6.45, 7) is 0.879. The molecule has 1 aromatic heterocycles. The first kappa shape index (κ1) is 12.3. The summed E-state index contributed by atoms with van der Waals surface area (Å²) < 4.78 is 1.92. The van der Waals surface area contributed by atoms with E-state index < -0.39 is 0 Å². The number of anilines is 1. The van der Waals surface area contributed by atoms with E-state index in [0.29, 0.717) is 5.92 Å². The van der Waals surface area contributed by atoms with E-state index in [1.54, 1.807) is 6.20 Å². The Morgan fingerprint density at radius 2 is 2.25 bits per heavy atom. The average Bonchev–Trinajstić information content (AvgIpc) is 2.63. The van der Waals surface area contributed by atoms with Crippen molar-refractivity contribution >= 4 is 37.7 Å². The molecule has 3 nitrogen and oxygen atoms in total. The van der Waals surface area contributed by atoms with Gasteiger partial charge in [0.05, 0.1) is 10.6 Å². The zero-order valence-corrected chi connectivity index (χ0v) is 12.0. The Labute approximate surface area is 112 Å². The van der Waals surface area contributed by atoms with Crippen molar-refractivity contribution in [2.45, 2.75) is 25.4 Å². The van der Waals surface area contributed by atoms with Gasteiger partial charge in [-0.3, -0.25) is 0 Å². The Morgan fingerprint density at radius 1 is 1.44 bits per heavy atom. The molecule has 1 aliphatic carbocycles. The summed E-state index contributed by atoms with van der Waals surface area (Å²) >= 11 is 6.83. The number of rotatable bonds is 3. The number of pyridine rings is 1. The van der Waals surface area contributed by atoms with Crippen molar-refractivity contribution in [1.82, 2.24) is 4.98 Å². The Balaban J connectivity index is 1.89. The van der Waals surface area contributed by atoms with Crippen LogP contribution in [0.3, 0.4) is 0 Å². The van der Waals surface area contributed by atoms with Gasteiger partial charge in [0.1, 0.15) is 5.82 Å². The molecule has 2 unspecified atom stereocenters. The minimum absolute atomic E-state index is 0.104. The molecule has 0 aromatic carbocycles. The van der Waals surface area contributed by atoms with Crippen molar-refractivity contribution in [3.05, 3.63) is 21.2 Å². The summed E-state index contributed by atoms with van der Waals surface area (Å²) in [5.41, 5.74) is 0. The number of nitrogens with one attached hydrogen (secondary N) is 1. The van der Waals surface area contributed by atoms with Crippen LogP contribution >= 0.6 is 31.9 Å². The molecule has 1 heterocycles. The Bertz CT molecular complexity index is 373.